The molecule has 1 unspecified atom stereocenters. The SMILES string of the molecule is CCc1cc(N)c(OC)cc1N1CCC(N2CCC(CCOc3cccc4c3CN(C3CCC(=O)NC3=O)C4=O)CC2)CC1. The molecular weight excluding hydrogens is 558 g/mol. The molecule has 3 saturated heterocycles. The van der Waals surface area contributed by atoms with Gasteiger partial charge in [-0.1, -0.05) is 13.0 Å². The molecule has 2 aromatic carbocycles. The first-order chi connectivity index (χ1) is 21.4. The van der Waals surface area contributed by atoms with E-state index in [1.54, 1.807) is 18.1 Å². The van der Waals surface area contributed by atoms with Crippen LogP contribution in [0.15, 0.2) is 30.3 Å². The van der Waals surface area contributed by atoms with Crippen molar-refractivity contribution in [2.24, 2.45) is 5.92 Å². The molecule has 4 aliphatic heterocycles. The molecule has 0 bridgehead atoms. The van der Waals surface area contributed by atoms with Crippen molar-refractivity contribution in [1.82, 2.24) is 15.1 Å². The van der Waals surface area contributed by atoms with Crippen LogP contribution in [-0.4, -0.2) is 79.5 Å². The largest absolute Gasteiger partial charge is 0.495 e. The van der Waals surface area contributed by atoms with E-state index in [1.165, 1.54) is 24.1 Å². The molecular formula is C34H45N5O5. The first kappa shape index (κ1) is 30.2. The van der Waals surface area contributed by atoms with E-state index >= 15 is 0 Å². The number of likely N-dealkylation sites (tertiary alicyclic amines) is 1. The van der Waals surface area contributed by atoms with Crippen molar-refractivity contribution in [1.29, 1.82) is 0 Å². The van der Waals surface area contributed by atoms with Gasteiger partial charge in [0.2, 0.25) is 11.8 Å². The van der Waals surface area contributed by atoms with Crippen LogP contribution in [0, 0.1) is 5.92 Å². The first-order valence-electron chi connectivity index (χ1n) is 16.2. The van der Waals surface area contributed by atoms with E-state index < -0.39 is 11.9 Å². The highest BCUT2D eigenvalue weighted by molar-refractivity contribution is 6.05. The number of benzene rings is 2. The number of nitrogen functional groups attached to an aromatic ring is 1. The number of aryl methyl sites for hydroxylation is 1. The fraction of sp³-hybridized carbons (Fsp3) is 0.559. The highest BCUT2D eigenvalue weighted by Gasteiger charge is 2.40. The minimum Gasteiger partial charge on any atom is -0.495 e. The Morgan fingerprint density at radius 1 is 0.977 bits per heavy atom. The minimum absolute atomic E-state index is 0.169. The van der Waals surface area contributed by atoms with Crippen molar-refractivity contribution >= 4 is 29.1 Å². The van der Waals surface area contributed by atoms with Crippen LogP contribution in [0.4, 0.5) is 11.4 Å². The highest BCUT2D eigenvalue weighted by atomic mass is 16.5. The van der Waals surface area contributed by atoms with Gasteiger partial charge in [-0.25, -0.2) is 0 Å². The lowest BCUT2D eigenvalue weighted by Crippen LogP contribution is -2.52. The van der Waals surface area contributed by atoms with Crippen molar-refractivity contribution in [2.75, 3.05) is 50.5 Å². The second-order valence-corrected chi connectivity index (χ2v) is 12.6. The van der Waals surface area contributed by atoms with Gasteiger partial charge < -0.3 is 29.9 Å². The van der Waals surface area contributed by atoms with Gasteiger partial charge in [-0.2, -0.15) is 0 Å². The van der Waals surface area contributed by atoms with Gasteiger partial charge in [-0.3, -0.25) is 19.7 Å². The summed E-state index contributed by atoms with van der Waals surface area (Å²) >= 11 is 0. The lowest BCUT2D eigenvalue weighted by Gasteiger charge is -2.43. The number of hydrogen-bond acceptors (Lipinski definition) is 8. The fourth-order valence-electron chi connectivity index (χ4n) is 7.49. The molecule has 236 valence electrons. The van der Waals surface area contributed by atoms with Gasteiger partial charge in [-0.05, 0) is 87.7 Å². The zero-order valence-corrected chi connectivity index (χ0v) is 26.0. The quantitative estimate of drug-likeness (QED) is 0.329. The van der Waals surface area contributed by atoms with Gasteiger partial charge in [0, 0.05) is 48.4 Å². The summed E-state index contributed by atoms with van der Waals surface area (Å²) in [4.78, 5) is 43.9. The molecule has 1 atom stereocenters. The predicted molar refractivity (Wildman–Crippen MR) is 169 cm³/mol. The second kappa shape index (κ2) is 13.1. The predicted octanol–water partition coefficient (Wildman–Crippen LogP) is 3.75. The minimum atomic E-state index is -0.618. The molecule has 10 heteroatoms. The molecule has 3 fully saturated rings. The van der Waals surface area contributed by atoms with Crippen LogP contribution < -0.4 is 25.4 Å². The maximum absolute atomic E-state index is 13.1. The number of carbonyl (C=O) groups excluding carboxylic acids is 3. The second-order valence-electron chi connectivity index (χ2n) is 12.6. The van der Waals surface area contributed by atoms with Gasteiger partial charge >= 0.3 is 0 Å². The Labute approximate surface area is 259 Å². The Balaban J connectivity index is 0.962. The molecule has 0 saturated carbocycles. The van der Waals surface area contributed by atoms with E-state index in [1.807, 2.05) is 12.1 Å². The average molecular weight is 604 g/mol. The Hall–Kier alpha value is -3.79. The van der Waals surface area contributed by atoms with Gasteiger partial charge in [0.1, 0.15) is 17.5 Å². The number of ether oxygens (including phenoxy) is 2. The lowest BCUT2D eigenvalue weighted by molar-refractivity contribution is -0.136. The standard InChI is InChI=1S/C34H45N5O5/c1-3-23-19-27(35)31(43-2)20-29(23)38-16-11-24(12-17-38)37-14-9-22(10-15-37)13-18-44-30-6-4-5-25-26(30)21-39(34(25)42)28-7-8-32(40)36-33(28)41/h4-6,19-20,22,24,28H,3,7-18,21,35H2,1-2H3,(H,36,40,41). The van der Waals surface area contributed by atoms with Crippen LogP contribution in [0.5, 0.6) is 11.5 Å². The Morgan fingerprint density at radius 2 is 1.75 bits per heavy atom. The van der Waals surface area contributed by atoms with Crippen LogP contribution in [0.25, 0.3) is 0 Å². The third-order valence-electron chi connectivity index (χ3n) is 10.1. The number of rotatable bonds is 9. The monoisotopic (exact) mass is 603 g/mol. The van der Waals surface area contributed by atoms with Gasteiger partial charge in [0.15, 0.2) is 0 Å². The molecule has 10 nitrogen and oxygen atoms in total. The van der Waals surface area contributed by atoms with Gasteiger partial charge in [0.05, 0.1) is 25.9 Å². The molecule has 0 aliphatic carbocycles. The lowest BCUT2D eigenvalue weighted by atomic mass is 9.91. The molecule has 6 rings (SSSR count). The van der Waals surface area contributed by atoms with E-state index in [-0.39, 0.29) is 18.2 Å². The molecule has 3 N–H and O–H groups in total. The van der Waals surface area contributed by atoms with Gasteiger partial charge in [-0.15, -0.1) is 0 Å². The average Bonchev–Trinajstić information content (AvgIpc) is 3.38. The number of piperidine rings is 3. The first-order valence-corrected chi connectivity index (χ1v) is 16.2. The topological polar surface area (TPSA) is 117 Å². The summed E-state index contributed by atoms with van der Waals surface area (Å²) < 4.78 is 11.8. The van der Waals surface area contributed by atoms with Crippen LogP contribution in [-0.2, 0) is 22.6 Å². The zero-order chi connectivity index (χ0) is 30.8. The number of nitrogens with one attached hydrogen (secondary N) is 1. The Bertz CT molecular complexity index is 1400. The summed E-state index contributed by atoms with van der Waals surface area (Å²) in [6.45, 7) is 7.46. The summed E-state index contributed by atoms with van der Waals surface area (Å²) in [6.07, 6.45) is 7.22. The summed E-state index contributed by atoms with van der Waals surface area (Å²) in [5.74, 6) is 1.26. The molecule has 0 aromatic heterocycles. The third-order valence-corrected chi connectivity index (χ3v) is 10.1. The molecule has 44 heavy (non-hydrogen) atoms. The van der Waals surface area contributed by atoms with Gasteiger partial charge in [0.25, 0.3) is 5.91 Å². The maximum atomic E-state index is 13.1. The highest BCUT2D eigenvalue weighted by Crippen LogP contribution is 2.36. The molecule has 0 spiro atoms. The Morgan fingerprint density at radius 3 is 2.45 bits per heavy atom. The van der Waals surface area contributed by atoms with Crippen LogP contribution in [0.2, 0.25) is 0 Å². The fourth-order valence-corrected chi connectivity index (χ4v) is 7.49. The summed E-state index contributed by atoms with van der Waals surface area (Å²) in [5, 5.41) is 2.36. The molecule has 4 heterocycles. The number of carbonyl (C=O) groups is 3. The number of imide groups is 1. The molecule has 4 aliphatic rings. The van der Waals surface area contributed by atoms with Crippen molar-refractivity contribution in [3.63, 3.8) is 0 Å². The zero-order valence-electron chi connectivity index (χ0n) is 26.0. The van der Waals surface area contributed by atoms with Crippen LogP contribution >= 0.6 is 0 Å². The molecule has 0 radical (unpaired) electrons. The molecule has 2 aromatic rings. The number of methoxy groups -OCH3 is 1. The summed E-state index contributed by atoms with van der Waals surface area (Å²) in [5.41, 5.74) is 10.8. The van der Waals surface area contributed by atoms with Crippen molar-refractivity contribution in [3.05, 3.63) is 47.0 Å². The molecule has 3 amide bonds. The number of anilines is 2. The normalized spacial score (nSPS) is 21.9. The van der Waals surface area contributed by atoms with Crippen LogP contribution in [0.1, 0.15) is 73.4 Å². The van der Waals surface area contributed by atoms with Crippen LogP contribution in [0.3, 0.4) is 0 Å². The van der Waals surface area contributed by atoms with E-state index in [2.05, 4.69) is 34.2 Å². The number of fused-ring (bicyclic) bond motifs is 1. The summed E-state index contributed by atoms with van der Waals surface area (Å²) in [6, 6.07) is 9.74. The maximum Gasteiger partial charge on any atom is 0.255 e. The number of amides is 3. The smallest absolute Gasteiger partial charge is 0.255 e. The number of nitrogens with zero attached hydrogens (tertiary/aromatic N) is 3. The number of hydrogen-bond donors (Lipinski definition) is 2. The third kappa shape index (κ3) is 6.09. The van der Waals surface area contributed by atoms with Crippen molar-refractivity contribution in [2.45, 2.75) is 76.9 Å². The number of nitrogens with two attached hydrogens (primary N) is 1. The van der Waals surface area contributed by atoms with E-state index in [0.717, 1.165) is 68.9 Å². The van der Waals surface area contributed by atoms with E-state index in [0.29, 0.717) is 42.8 Å². The van der Waals surface area contributed by atoms with E-state index in [9.17, 15) is 14.4 Å². The van der Waals surface area contributed by atoms with Crippen molar-refractivity contribution < 1.29 is 23.9 Å². The summed E-state index contributed by atoms with van der Waals surface area (Å²) in [7, 11) is 1.68. The van der Waals surface area contributed by atoms with E-state index in [4.69, 9.17) is 15.2 Å². The Kier molecular flexibility index (Phi) is 8.98. The van der Waals surface area contributed by atoms with Crippen molar-refractivity contribution in [3.8, 4) is 11.5 Å².